The molecule has 1 saturated heterocycles. The second-order valence-corrected chi connectivity index (χ2v) is 9.12. The summed E-state index contributed by atoms with van der Waals surface area (Å²) in [6.07, 6.45) is -0.322. The normalized spacial score (nSPS) is 16.7. The Bertz CT molecular complexity index is 1090. The van der Waals surface area contributed by atoms with Crippen molar-refractivity contribution in [3.8, 4) is 0 Å². The Morgan fingerprint density at radius 1 is 1.26 bits per heavy atom. The second kappa shape index (κ2) is 8.72. The quantitative estimate of drug-likeness (QED) is 0.633. The SMILES string of the molecule is Cc1cc(Nc2nnc(C)s2)cc(C2CN(C(=O)c3c(C(C)C)noc3C)CCO2)n1. The van der Waals surface area contributed by atoms with Gasteiger partial charge in [-0.1, -0.05) is 30.3 Å². The lowest BCUT2D eigenvalue weighted by atomic mass is 10.0. The number of amides is 1. The van der Waals surface area contributed by atoms with E-state index in [1.165, 1.54) is 11.3 Å². The number of pyridine rings is 1. The second-order valence-electron chi connectivity index (χ2n) is 7.94. The smallest absolute Gasteiger partial charge is 0.259 e. The molecule has 1 atom stereocenters. The van der Waals surface area contributed by atoms with Gasteiger partial charge >= 0.3 is 0 Å². The van der Waals surface area contributed by atoms with Crippen LogP contribution < -0.4 is 5.32 Å². The molecule has 1 fully saturated rings. The Labute approximate surface area is 184 Å². The molecule has 1 aliphatic heterocycles. The van der Waals surface area contributed by atoms with Crippen LogP contribution in [0.25, 0.3) is 0 Å². The molecule has 9 nitrogen and oxygen atoms in total. The molecular formula is C21H26N6O3S. The number of morpholine rings is 1. The van der Waals surface area contributed by atoms with Gasteiger partial charge in [-0.25, -0.2) is 0 Å². The van der Waals surface area contributed by atoms with Gasteiger partial charge in [-0.2, -0.15) is 0 Å². The Morgan fingerprint density at radius 3 is 2.77 bits per heavy atom. The average molecular weight is 443 g/mol. The molecule has 0 spiro atoms. The number of hydrogen-bond acceptors (Lipinski definition) is 9. The first-order valence-electron chi connectivity index (χ1n) is 10.2. The number of anilines is 2. The Kier molecular flexibility index (Phi) is 6.01. The van der Waals surface area contributed by atoms with E-state index in [-0.39, 0.29) is 17.9 Å². The largest absolute Gasteiger partial charge is 0.368 e. The maximum absolute atomic E-state index is 13.3. The van der Waals surface area contributed by atoms with Crippen LogP contribution in [0.2, 0.25) is 0 Å². The van der Waals surface area contributed by atoms with Gasteiger partial charge in [-0.3, -0.25) is 9.78 Å². The lowest BCUT2D eigenvalue weighted by Gasteiger charge is -2.33. The third kappa shape index (κ3) is 4.59. The van der Waals surface area contributed by atoms with E-state index in [0.717, 1.165) is 27.2 Å². The van der Waals surface area contributed by atoms with Crippen LogP contribution in [-0.4, -0.2) is 50.8 Å². The lowest BCUT2D eigenvalue weighted by molar-refractivity contribution is -0.0248. The van der Waals surface area contributed by atoms with Crippen molar-refractivity contribution in [2.45, 2.75) is 46.6 Å². The molecule has 0 aliphatic carbocycles. The summed E-state index contributed by atoms with van der Waals surface area (Å²) in [7, 11) is 0. The Balaban J connectivity index is 1.55. The number of ether oxygens (including phenoxy) is 1. The van der Waals surface area contributed by atoms with Crippen molar-refractivity contribution in [1.82, 2.24) is 25.2 Å². The molecule has 4 heterocycles. The van der Waals surface area contributed by atoms with Crippen molar-refractivity contribution < 1.29 is 14.1 Å². The van der Waals surface area contributed by atoms with Gasteiger partial charge in [0.05, 0.1) is 24.5 Å². The van der Waals surface area contributed by atoms with Crippen LogP contribution in [0.5, 0.6) is 0 Å². The third-order valence-electron chi connectivity index (χ3n) is 5.08. The van der Waals surface area contributed by atoms with Gasteiger partial charge in [0.1, 0.15) is 22.4 Å². The number of rotatable bonds is 5. The molecule has 0 bridgehead atoms. The molecule has 1 aliphatic rings. The van der Waals surface area contributed by atoms with Gasteiger partial charge in [0.15, 0.2) is 0 Å². The highest BCUT2D eigenvalue weighted by Gasteiger charge is 2.31. The summed E-state index contributed by atoms with van der Waals surface area (Å²) in [6.45, 7) is 11.0. The molecular weight excluding hydrogens is 416 g/mol. The molecule has 164 valence electrons. The number of aromatic nitrogens is 4. The van der Waals surface area contributed by atoms with Crippen molar-refractivity contribution in [3.05, 3.63) is 45.5 Å². The fourth-order valence-corrected chi connectivity index (χ4v) is 4.23. The van der Waals surface area contributed by atoms with Crippen LogP contribution in [0.4, 0.5) is 10.8 Å². The van der Waals surface area contributed by atoms with Crippen molar-refractivity contribution in [3.63, 3.8) is 0 Å². The van der Waals surface area contributed by atoms with Gasteiger partial charge in [-0.05, 0) is 38.8 Å². The average Bonchev–Trinajstić information content (AvgIpc) is 3.32. The summed E-state index contributed by atoms with van der Waals surface area (Å²) in [5, 5.41) is 17.1. The van der Waals surface area contributed by atoms with Gasteiger partial charge in [0, 0.05) is 17.9 Å². The van der Waals surface area contributed by atoms with Crippen LogP contribution >= 0.6 is 11.3 Å². The van der Waals surface area contributed by atoms with E-state index in [2.05, 4.69) is 25.7 Å². The minimum atomic E-state index is -0.322. The van der Waals surface area contributed by atoms with Gasteiger partial charge in [-0.15, -0.1) is 10.2 Å². The molecule has 3 aromatic heterocycles. The predicted molar refractivity (Wildman–Crippen MR) is 117 cm³/mol. The first-order chi connectivity index (χ1) is 14.8. The fraction of sp³-hybridized carbons (Fsp3) is 0.476. The molecule has 1 N–H and O–H groups in total. The van der Waals surface area contributed by atoms with E-state index in [4.69, 9.17) is 9.26 Å². The van der Waals surface area contributed by atoms with Crippen molar-refractivity contribution in [2.24, 2.45) is 0 Å². The zero-order chi connectivity index (χ0) is 22.1. The lowest BCUT2D eigenvalue weighted by Crippen LogP contribution is -2.43. The summed E-state index contributed by atoms with van der Waals surface area (Å²) < 4.78 is 11.3. The van der Waals surface area contributed by atoms with Gasteiger partial charge in [0.25, 0.3) is 5.91 Å². The Hall–Kier alpha value is -2.85. The number of hydrogen-bond donors (Lipinski definition) is 1. The first kappa shape index (κ1) is 21.4. The van der Waals surface area contributed by atoms with Crippen molar-refractivity contribution >= 4 is 28.1 Å². The summed E-state index contributed by atoms with van der Waals surface area (Å²) in [5.74, 6) is 0.569. The van der Waals surface area contributed by atoms with E-state index in [1.807, 2.05) is 39.8 Å². The number of aryl methyl sites for hydroxylation is 3. The number of carbonyl (C=O) groups is 1. The zero-order valence-electron chi connectivity index (χ0n) is 18.3. The minimum Gasteiger partial charge on any atom is -0.368 e. The number of nitrogens with zero attached hydrogens (tertiary/aromatic N) is 5. The van der Waals surface area contributed by atoms with E-state index in [9.17, 15) is 4.79 Å². The van der Waals surface area contributed by atoms with Gasteiger partial charge < -0.3 is 19.5 Å². The highest BCUT2D eigenvalue weighted by molar-refractivity contribution is 7.15. The maximum Gasteiger partial charge on any atom is 0.259 e. The van der Waals surface area contributed by atoms with Crippen LogP contribution in [0.3, 0.4) is 0 Å². The molecule has 10 heteroatoms. The van der Waals surface area contributed by atoms with E-state index in [1.54, 1.807) is 11.8 Å². The molecule has 0 aromatic carbocycles. The highest BCUT2D eigenvalue weighted by Crippen LogP contribution is 2.29. The molecule has 0 saturated carbocycles. The molecule has 1 amide bonds. The van der Waals surface area contributed by atoms with Crippen LogP contribution in [0.1, 0.15) is 64.1 Å². The minimum absolute atomic E-state index is 0.0777. The molecule has 1 unspecified atom stereocenters. The monoisotopic (exact) mass is 442 g/mol. The summed E-state index contributed by atoms with van der Waals surface area (Å²) in [6, 6.07) is 3.88. The van der Waals surface area contributed by atoms with Crippen LogP contribution in [-0.2, 0) is 4.74 Å². The molecule has 3 aromatic rings. The summed E-state index contributed by atoms with van der Waals surface area (Å²) in [5.41, 5.74) is 3.74. The van der Waals surface area contributed by atoms with Crippen LogP contribution in [0.15, 0.2) is 16.7 Å². The molecule has 0 radical (unpaired) electrons. The van der Waals surface area contributed by atoms with E-state index < -0.39 is 0 Å². The van der Waals surface area contributed by atoms with E-state index >= 15 is 0 Å². The highest BCUT2D eigenvalue weighted by atomic mass is 32.1. The van der Waals surface area contributed by atoms with E-state index in [0.29, 0.717) is 36.7 Å². The topological polar surface area (TPSA) is 106 Å². The maximum atomic E-state index is 13.3. The zero-order valence-corrected chi connectivity index (χ0v) is 19.1. The predicted octanol–water partition coefficient (Wildman–Crippen LogP) is 3.93. The summed E-state index contributed by atoms with van der Waals surface area (Å²) >= 11 is 1.48. The molecule has 31 heavy (non-hydrogen) atoms. The van der Waals surface area contributed by atoms with Crippen molar-refractivity contribution in [1.29, 1.82) is 0 Å². The van der Waals surface area contributed by atoms with Crippen molar-refractivity contribution in [2.75, 3.05) is 25.0 Å². The third-order valence-corrected chi connectivity index (χ3v) is 5.84. The Morgan fingerprint density at radius 2 is 2.06 bits per heavy atom. The van der Waals surface area contributed by atoms with Gasteiger partial charge in [0.2, 0.25) is 5.13 Å². The fourth-order valence-electron chi connectivity index (χ4n) is 3.62. The number of carbonyl (C=O) groups excluding carboxylic acids is 1. The van der Waals surface area contributed by atoms with Crippen LogP contribution in [0, 0.1) is 20.8 Å². The standard InChI is InChI=1S/C21H26N6O3S/c1-11(2)19-18(13(4)30-26-19)20(28)27-6-7-29-17(10-27)16-9-15(8-12(3)22-16)23-21-25-24-14(5)31-21/h8-9,11,17H,6-7,10H2,1-5H3,(H,22,23,25). The summed E-state index contributed by atoms with van der Waals surface area (Å²) in [4.78, 5) is 19.7. The first-order valence-corrected chi connectivity index (χ1v) is 11.1. The number of nitrogens with one attached hydrogen (secondary N) is 1. The molecule has 4 rings (SSSR count).